The quantitative estimate of drug-likeness (QED) is 0.345. The van der Waals surface area contributed by atoms with Gasteiger partial charge in [0.2, 0.25) is 0 Å². The van der Waals surface area contributed by atoms with E-state index in [0.29, 0.717) is 29.5 Å². The minimum Gasteiger partial charge on any atom is -0.481 e. The molecule has 1 saturated carbocycles. The van der Waals surface area contributed by atoms with E-state index in [-0.39, 0.29) is 34.5 Å². The molecule has 0 bridgehead atoms. The van der Waals surface area contributed by atoms with Gasteiger partial charge in [-0.15, -0.1) is 0 Å². The lowest BCUT2D eigenvalue weighted by Crippen LogP contribution is -2.38. The van der Waals surface area contributed by atoms with Crippen molar-refractivity contribution in [3.63, 3.8) is 0 Å². The normalized spacial score (nSPS) is 18.3. The Morgan fingerprint density at radius 3 is 2.44 bits per heavy atom. The van der Waals surface area contributed by atoms with Crippen LogP contribution in [0.5, 0.6) is 0 Å². The smallest absolute Gasteiger partial charge is 0.417 e. The van der Waals surface area contributed by atoms with Crippen LogP contribution < -0.4 is 0 Å². The number of allylic oxidation sites excluding steroid dienone is 2. The van der Waals surface area contributed by atoms with Gasteiger partial charge in [0.25, 0.3) is 11.8 Å². The molecule has 0 saturated heterocycles. The number of hydrogen-bond donors (Lipinski definition) is 1. The first kappa shape index (κ1) is 28.9. The van der Waals surface area contributed by atoms with Crippen LogP contribution in [0.15, 0.2) is 42.5 Å². The van der Waals surface area contributed by atoms with Gasteiger partial charge in [-0.1, -0.05) is 43.0 Å². The molecule has 3 aromatic rings. The van der Waals surface area contributed by atoms with Gasteiger partial charge in [-0.2, -0.15) is 23.0 Å². The van der Waals surface area contributed by atoms with E-state index in [2.05, 4.69) is 5.10 Å². The van der Waals surface area contributed by atoms with Gasteiger partial charge in [-0.25, -0.2) is 0 Å². The third kappa shape index (κ3) is 5.62. The molecule has 2 aliphatic rings. The fraction of sp³-hybridized carbons (Fsp3) is 0.400. The Kier molecular flexibility index (Phi) is 7.96. The molecule has 7 nitrogen and oxygen atoms in total. The van der Waals surface area contributed by atoms with Crippen LogP contribution in [0, 0.1) is 5.92 Å². The Balaban J connectivity index is 1.64. The highest BCUT2D eigenvalue weighted by Gasteiger charge is 2.37. The topological polar surface area (TPSA) is 92.5 Å². The molecular weight excluding hydrogens is 559 g/mol. The minimum atomic E-state index is -4.84. The van der Waals surface area contributed by atoms with Crippen LogP contribution in [0.4, 0.5) is 13.2 Å². The maximum absolute atomic E-state index is 13.9. The number of carboxylic acid groups (broad SMARTS) is 1. The predicted octanol–water partition coefficient (Wildman–Crippen LogP) is 7.07. The predicted molar refractivity (Wildman–Crippen MR) is 148 cm³/mol. The number of aromatic nitrogens is 2. The number of aliphatic carboxylic acids is 1. The van der Waals surface area contributed by atoms with Crippen molar-refractivity contribution >= 4 is 45.9 Å². The zero-order valence-electron chi connectivity index (χ0n) is 22.4. The number of rotatable bonds is 5. The molecule has 1 fully saturated rings. The number of hydrogen-bond acceptors (Lipinski definition) is 4. The molecule has 1 atom stereocenters. The van der Waals surface area contributed by atoms with Gasteiger partial charge in [0.15, 0.2) is 0 Å². The summed E-state index contributed by atoms with van der Waals surface area (Å²) in [5.74, 6) is -2.79. The van der Waals surface area contributed by atoms with Crippen LogP contribution in [0.25, 0.3) is 16.5 Å². The van der Waals surface area contributed by atoms with Crippen molar-refractivity contribution in [1.82, 2.24) is 14.7 Å². The van der Waals surface area contributed by atoms with Crippen molar-refractivity contribution in [1.29, 1.82) is 0 Å². The number of alkyl halides is 3. The van der Waals surface area contributed by atoms with Crippen LogP contribution in [-0.2, 0) is 11.0 Å². The number of carbonyl (C=O) groups is 3. The van der Waals surface area contributed by atoms with Crippen LogP contribution in [-0.4, -0.2) is 50.7 Å². The zero-order chi connectivity index (χ0) is 29.5. The van der Waals surface area contributed by atoms with Crippen molar-refractivity contribution in [2.24, 2.45) is 5.92 Å². The second-order valence-corrected chi connectivity index (χ2v) is 11.1. The summed E-state index contributed by atoms with van der Waals surface area (Å²) in [7, 11) is 1.74. The molecule has 41 heavy (non-hydrogen) atoms. The summed E-state index contributed by atoms with van der Waals surface area (Å²) in [5.41, 5.74) is -0.431. The Labute approximate surface area is 239 Å². The Morgan fingerprint density at radius 1 is 1.07 bits per heavy atom. The molecule has 1 amide bonds. The van der Waals surface area contributed by atoms with Crippen molar-refractivity contribution in [2.75, 3.05) is 7.05 Å². The number of nitrogens with zero attached hydrogens (tertiary/aromatic N) is 3. The van der Waals surface area contributed by atoms with Gasteiger partial charge in [-0.3, -0.25) is 14.4 Å². The lowest BCUT2D eigenvalue weighted by molar-refractivity contribution is -0.142. The van der Waals surface area contributed by atoms with Gasteiger partial charge < -0.3 is 10.0 Å². The summed E-state index contributed by atoms with van der Waals surface area (Å²) in [6.07, 6.45) is 2.85. The molecular formula is C30H29ClF3N3O4. The Bertz CT molecular complexity index is 1560. The van der Waals surface area contributed by atoms with Gasteiger partial charge in [-0.05, 0) is 68.0 Å². The number of carboxylic acids is 1. The molecule has 216 valence electrons. The second-order valence-electron chi connectivity index (χ2n) is 10.7. The van der Waals surface area contributed by atoms with Gasteiger partial charge >= 0.3 is 12.1 Å². The number of halogens is 4. The third-order valence-electron chi connectivity index (χ3n) is 8.16. The van der Waals surface area contributed by atoms with E-state index in [1.54, 1.807) is 30.2 Å². The largest absolute Gasteiger partial charge is 0.481 e. The SMILES string of the molecule is CN(C(=O)c1ccc2c(C3=CCC(C(=O)O)CC3)nn(C(=O)c3c(Cl)cccc3C(F)(F)F)c2c1)C1CCCCC1. The van der Waals surface area contributed by atoms with Crippen LogP contribution in [0.1, 0.15) is 83.3 Å². The molecule has 1 N–H and O–H groups in total. The highest BCUT2D eigenvalue weighted by Crippen LogP contribution is 2.38. The first-order valence-electron chi connectivity index (χ1n) is 13.6. The van der Waals surface area contributed by atoms with Crippen molar-refractivity contribution < 1.29 is 32.7 Å². The lowest BCUT2D eigenvalue weighted by Gasteiger charge is -2.31. The second kappa shape index (κ2) is 11.3. The van der Waals surface area contributed by atoms with Crippen LogP contribution in [0.2, 0.25) is 5.02 Å². The fourth-order valence-corrected chi connectivity index (χ4v) is 6.09. The minimum absolute atomic E-state index is 0.0843. The number of amides is 1. The third-order valence-corrected chi connectivity index (χ3v) is 8.48. The maximum Gasteiger partial charge on any atom is 0.417 e. The first-order chi connectivity index (χ1) is 19.5. The van der Waals surface area contributed by atoms with Crippen LogP contribution in [0.3, 0.4) is 0 Å². The molecule has 2 aromatic carbocycles. The molecule has 1 aromatic heterocycles. The highest BCUT2D eigenvalue weighted by atomic mass is 35.5. The van der Waals surface area contributed by atoms with E-state index in [4.69, 9.17) is 11.6 Å². The van der Waals surface area contributed by atoms with E-state index in [1.165, 1.54) is 12.1 Å². The van der Waals surface area contributed by atoms with E-state index in [0.717, 1.165) is 48.9 Å². The van der Waals surface area contributed by atoms with Crippen molar-refractivity contribution in [3.8, 4) is 0 Å². The summed E-state index contributed by atoms with van der Waals surface area (Å²) in [5, 5.41) is 13.9. The molecule has 1 heterocycles. The van der Waals surface area contributed by atoms with Crippen LogP contribution >= 0.6 is 11.6 Å². The van der Waals surface area contributed by atoms with E-state index in [9.17, 15) is 32.7 Å². The average Bonchev–Trinajstić information content (AvgIpc) is 3.35. The van der Waals surface area contributed by atoms with E-state index < -0.39 is 35.1 Å². The maximum atomic E-state index is 13.9. The monoisotopic (exact) mass is 587 g/mol. The van der Waals surface area contributed by atoms with E-state index >= 15 is 0 Å². The number of fused-ring (bicyclic) bond motifs is 1. The molecule has 1 unspecified atom stereocenters. The lowest BCUT2D eigenvalue weighted by atomic mass is 9.87. The van der Waals surface area contributed by atoms with Crippen molar-refractivity contribution in [3.05, 3.63) is 69.9 Å². The summed E-state index contributed by atoms with van der Waals surface area (Å²) in [6, 6.07) is 7.96. The summed E-state index contributed by atoms with van der Waals surface area (Å²) in [6.45, 7) is 0. The Hall–Kier alpha value is -3.66. The van der Waals surface area contributed by atoms with Gasteiger partial charge in [0.1, 0.15) is 0 Å². The summed E-state index contributed by atoms with van der Waals surface area (Å²) < 4.78 is 42.6. The molecule has 5 rings (SSSR count). The number of carbonyl (C=O) groups excluding carboxylic acids is 2. The zero-order valence-corrected chi connectivity index (χ0v) is 23.1. The first-order valence-corrected chi connectivity index (χ1v) is 14.0. The van der Waals surface area contributed by atoms with Crippen molar-refractivity contribution in [2.45, 2.75) is 63.6 Å². The highest BCUT2D eigenvalue weighted by molar-refractivity contribution is 6.34. The standard InChI is InChI=1S/C30H29ClF3N3O4/c1-36(20-6-3-2-4-7-20)27(38)19-14-15-21-24(16-19)37(35-26(21)17-10-12-18(13-11-17)29(40)41)28(39)25-22(30(32,33)34)8-5-9-23(25)31/h5,8-10,14-16,18,20H,2-4,6-7,11-13H2,1H3,(H,40,41). The molecule has 0 spiro atoms. The Morgan fingerprint density at radius 2 is 1.80 bits per heavy atom. The molecule has 2 aliphatic carbocycles. The number of benzene rings is 2. The molecule has 0 radical (unpaired) electrons. The van der Waals surface area contributed by atoms with Gasteiger partial charge in [0, 0.05) is 24.0 Å². The molecule has 0 aliphatic heterocycles. The summed E-state index contributed by atoms with van der Waals surface area (Å²) in [4.78, 5) is 40.4. The van der Waals surface area contributed by atoms with E-state index in [1.807, 2.05) is 0 Å². The molecule has 11 heteroatoms. The summed E-state index contributed by atoms with van der Waals surface area (Å²) >= 11 is 6.15. The fourth-order valence-electron chi connectivity index (χ4n) is 5.83. The van der Waals surface area contributed by atoms with Gasteiger partial charge in [0.05, 0.1) is 33.3 Å². The average molecular weight is 588 g/mol.